The van der Waals surface area contributed by atoms with E-state index >= 15 is 0 Å². The highest BCUT2D eigenvalue weighted by Gasteiger charge is 2.17. The number of hydrogen-bond donors (Lipinski definition) is 2. The monoisotopic (exact) mass is 340 g/mol. The number of nitrogens with one attached hydrogen (secondary N) is 1. The first kappa shape index (κ1) is 16.2. The summed E-state index contributed by atoms with van der Waals surface area (Å²) in [5.74, 6) is 5.73. The van der Waals surface area contributed by atoms with E-state index in [4.69, 9.17) is 5.73 Å². The summed E-state index contributed by atoms with van der Waals surface area (Å²) in [6, 6.07) is 5.37. The number of thiophene rings is 2. The molecule has 0 aliphatic rings. The zero-order valence-corrected chi connectivity index (χ0v) is 14.0. The fourth-order valence-electron chi connectivity index (χ4n) is 1.66. The number of nitrogens with two attached hydrogens (primary N) is 1. The van der Waals surface area contributed by atoms with Crippen molar-refractivity contribution < 1.29 is 8.42 Å². The molecule has 0 bridgehead atoms. The lowest BCUT2D eigenvalue weighted by molar-refractivity contribution is 0.584. The van der Waals surface area contributed by atoms with Crippen molar-refractivity contribution in [3.8, 4) is 11.8 Å². The summed E-state index contributed by atoms with van der Waals surface area (Å²) >= 11 is 2.78. The van der Waals surface area contributed by atoms with Crippen molar-refractivity contribution >= 4 is 32.7 Å². The Kier molecular flexibility index (Phi) is 5.56. The number of rotatable bonds is 5. The minimum atomic E-state index is -3.46. The molecule has 21 heavy (non-hydrogen) atoms. The fourth-order valence-corrected chi connectivity index (χ4v) is 4.86. The van der Waals surface area contributed by atoms with Gasteiger partial charge in [-0.2, -0.15) is 0 Å². The molecule has 2 aromatic heterocycles. The van der Waals surface area contributed by atoms with E-state index in [9.17, 15) is 8.42 Å². The van der Waals surface area contributed by atoms with E-state index in [1.807, 2.05) is 24.4 Å². The average molecular weight is 340 g/mol. The van der Waals surface area contributed by atoms with Crippen LogP contribution < -0.4 is 10.5 Å². The minimum absolute atomic E-state index is 0.244. The van der Waals surface area contributed by atoms with E-state index in [1.165, 1.54) is 22.7 Å². The molecule has 0 amide bonds. The summed E-state index contributed by atoms with van der Waals surface area (Å²) in [4.78, 5) is 1.95. The third kappa shape index (κ3) is 4.15. The lowest BCUT2D eigenvalue weighted by atomic mass is 10.2. The molecule has 3 N–H and O–H groups in total. The summed E-state index contributed by atoms with van der Waals surface area (Å²) in [7, 11) is -3.46. The third-order valence-corrected chi connectivity index (χ3v) is 6.79. The fraction of sp³-hybridized carbons (Fsp3) is 0.286. The van der Waals surface area contributed by atoms with Crippen molar-refractivity contribution in [2.75, 3.05) is 6.54 Å². The zero-order chi connectivity index (χ0) is 15.3. The molecule has 0 aliphatic carbocycles. The van der Waals surface area contributed by atoms with Gasteiger partial charge in [-0.3, -0.25) is 0 Å². The van der Waals surface area contributed by atoms with Gasteiger partial charge < -0.3 is 5.73 Å². The molecule has 0 aliphatic heterocycles. The van der Waals surface area contributed by atoms with Gasteiger partial charge in [0, 0.05) is 21.9 Å². The van der Waals surface area contributed by atoms with Crippen molar-refractivity contribution in [2.24, 2.45) is 5.73 Å². The van der Waals surface area contributed by atoms with Gasteiger partial charge in [-0.05, 0) is 30.0 Å². The highest BCUT2D eigenvalue weighted by molar-refractivity contribution is 7.91. The Morgan fingerprint density at radius 3 is 2.81 bits per heavy atom. The predicted octanol–water partition coefficient (Wildman–Crippen LogP) is 2.16. The third-order valence-electron chi connectivity index (χ3n) is 2.74. The van der Waals surface area contributed by atoms with Crippen LogP contribution in [0.4, 0.5) is 0 Å². The van der Waals surface area contributed by atoms with Gasteiger partial charge in [-0.15, -0.1) is 22.7 Å². The maximum Gasteiger partial charge on any atom is 0.250 e. The van der Waals surface area contributed by atoms with E-state index in [0.717, 1.165) is 21.7 Å². The van der Waals surface area contributed by atoms with Crippen LogP contribution in [0.2, 0.25) is 0 Å². The summed E-state index contributed by atoms with van der Waals surface area (Å²) in [5.41, 5.74) is 6.18. The normalized spacial score (nSPS) is 11.1. The summed E-state index contributed by atoms with van der Waals surface area (Å²) < 4.78 is 27.4. The number of sulfonamides is 1. The molecule has 0 saturated heterocycles. The summed E-state index contributed by atoms with van der Waals surface area (Å²) in [6.07, 6.45) is 0.837. The molecule has 2 aromatic rings. The highest BCUT2D eigenvalue weighted by Crippen LogP contribution is 2.23. The number of aryl methyl sites for hydroxylation is 1. The van der Waals surface area contributed by atoms with Crippen molar-refractivity contribution in [1.82, 2.24) is 4.72 Å². The lowest BCUT2D eigenvalue weighted by Gasteiger charge is -2.03. The Hall–Kier alpha value is -1.17. The maximum atomic E-state index is 12.2. The minimum Gasteiger partial charge on any atom is -0.320 e. The SMILES string of the molecule is CCc1ccc(S(=O)(=O)NCc2sccc2C#CCN)s1. The molecular weight excluding hydrogens is 324 g/mol. The van der Waals surface area contributed by atoms with E-state index < -0.39 is 10.0 Å². The van der Waals surface area contributed by atoms with Crippen LogP contribution in [0.25, 0.3) is 0 Å². The first-order chi connectivity index (χ1) is 10.1. The zero-order valence-electron chi connectivity index (χ0n) is 11.5. The first-order valence-corrected chi connectivity index (χ1v) is 9.58. The Balaban J connectivity index is 2.10. The molecule has 0 aromatic carbocycles. The topological polar surface area (TPSA) is 72.2 Å². The Morgan fingerprint density at radius 2 is 2.14 bits per heavy atom. The van der Waals surface area contributed by atoms with Crippen LogP contribution in [-0.2, 0) is 23.0 Å². The second-order valence-corrected chi connectivity index (χ2v) is 8.32. The van der Waals surface area contributed by atoms with Crippen molar-refractivity contribution in [3.63, 3.8) is 0 Å². The average Bonchev–Trinajstić information content (AvgIpc) is 3.12. The Bertz CT molecular complexity index is 763. The molecule has 0 radical (unpaired) electrons. The molecule has 2 rings (SSSR count). The molecule has 0 fully saturated rings. The van der Waals surface area contributed by atoms with Crippen LogP contribution in [0.15, 0.2) is 27.8 Å². The molecule has 0 unspecified atom stereocenters. The quantitative estimate of drug-likeness (QED) is 0.819. The maximum absolute atomic E-state index is 12.2. The smallest absolute Gasteiger partial charge is 0.250 e. The second kappa shape index (κ2) is 7.20. The van der Waals surface area contributed by atoms with Gasteiger partial charge in [-0.1, -0.05) is 18.8 Å². The van der Waals surface area contributed by atoms with E-state index in [-0.39, 0.29) is 13.1 Å². The molecule has 2 heterocycles. The number of hydrogen-bond acceptors (Lipinski definition) is 5. The first-order valence-electron chi connectivity index (χ1n) is 6.40. The van der Waals surface area contributed by atoms with Crippen LogP contribution in [0.1, 0.15) is 22.2 Å². The largest absolute Gasteiger partial charge is 0.320 e. The van der Waals surface area contributed by atoms with Crippen molar-refractivity contribution in [3.05, 3.63) is 38.9 Å². The van der Waals surface area contributed by atoms with Crippen molar-refractivity contribution in [1.29, 1.82) is 0 Å². The predicted molar refractivity (Wildman–Crippen MR) is 88.0 cm³/mol. The molecule has 7 heteroatoms. The van der Waals surface area contributed by atoms with Gasteiger partial charge in [-0.25, -0.2) is 13.1 Å². The molecule has 0 spiro atoms. The summed E-state index contributed by atoms with van der Waals surface area (Å²) in [6.45, 7) is 2.54. The van der Waals surface area contributed by atoms with Gasteiger partial charge in [0.2, 0.25) is 10.0 Å². The van der Waals surface area contributed by atoms with Gasteiger partial charge in [0.15, 0.2) is 0 Å². The van der Waals surface area contributed by atoms with E-state index in [0.29, 0.717) is 4.21 Å². The molecular formula is C14H16N2O2S3. The van der Waals surface area contributed by atoms with Crippen LogP contribution >= 0.6 is 22.7 Å². The van der Waals surface area contributed by atoms with E-state index in [2.05, 4.69) is 16.6 Å². The molecule has 0 atom stereocenters. The van der Waals surface area contributed by atoms with Gasteiger partial charge >= 0.3 is 0 Å². The molecule has 0 saturated carbocycles. The standard InChI is InChI=1S/C14H16N2O2S3/c1-2-12-5-6-14(20-12)21(17,18)16-10-13-11(4-3-8-15)7-9-19-13/h5-7,9,16H,2,8,10,15H2,1H3. The Morgan fingerprint density at radius 1 is 1.33 bits per heavy atom. The lowest BCUT2D eigenvalue weighted by Crippen LogP contribution is -2.22. The van der Waals surface area contributed by atoms with E-state index in [1.54, 1.807) is 6.07 Å². The van der Waals surface area contributed by atoms with Crippen molar-refractivity contribution in [2.45, 2.75) is 24.1 Å². The highest BCUT2D eigenvalue weighted by atomic mass is 32.2. The van der Waals surface area contributed by atoms with Crippen LogP contribution in [0.3, 0.4) is 0 Å². The van der Waals surface area contributed by atoms with Gasteiger partial charge in [0.05, 0.1) is 6.54 Å². The van der Waals surface area contributed by atoms with Crippen LogP contribution in [0, 0.1) is 11.8 Å². The summed E-state index contributed by atoms with van der Waals surface area (Å²) in [5, 5.41) is 1.89. The van der Waals surface area contributed by atoms with Crippen LogP contribution in [-0.4, -0.2) is 15.0 Å². The van der Waals surface area contributed by atoms with Gasteiger partial charge in [0.1, 0.15) is 4.21 Å². The Labute approximate surface area is 133 Å². The molecule has 4 nitrogen and oxygen atoms in total. The molecule has 112 valence electrons. The van der Waals surface area contributed by atoms with Crippen LogP contribution in [0.5, 0.6) is 0 Å². The van der Waals surface area contributed by atoms with Gasteiger partial charge in [0.25, 0.3) is 0 Å². The second-order valence-electron chi connectivity index (χ2n) is 4.16.